The molecule has 0 saturated heterocycles. The van der Waals surface area contributed by atoms with E-state index in [-0.39, 0.29) is 0 Å². The van der Waals surface area contributed by atoms with Crippen molar-refractivity contribution in [1.29, 1.82) is 0 Å². The van der Waals surface area contributed by atoms with Crippen molar-refractivity contribution in [2.45, 2.75) is 33.1 Å². The number of hydrogen-bond donors (Lipinski definition) is 0. The van der Waals surface area contributed by atoms with Crippen molar-refractivity contribution < 1.29 is 4.74 Å². The number of rotatable bonds is 4. The van der Waals surface area contributed by atoms with Gasteiger partial charge in [0.05, 0.1) is 7.11 Å². The minimum atomic E-state index is 0.520. The van der Waals surface area contributed by atoms with Crippen LogP contribution in [0.4, 0.5) is 0 Å². The molecule has 0 radical (unpaired) electrons. The van der Waals surface area contributed by atoms with E-state index in [1.165, 1.54) is 16.7 Å². The Hall–Kier alpha value is -0.690. The fourth-order valence-corrected chi connectivity index (χ4v) is 2.21. The van der Waals surface area contributed by atoms with Gasteiger partial charge in [0, 0.05) is 5.88 Å². The van der Waals surface area contributed by atoms with Gasteiger partial charge in [0.15, 0.2) is 0 Å². The van der Waals surface area contributed by atoms with Gasteiger partial charge in [-0.2, -0.15) is 0 Å². The quantitative estimate of drug-likeness (QED) is 0.704. The minimum Gasteiger partial charge on any atom is -0.496 e. The zero-order chi connectivity index (χ0) is 11.4. The van der Waals surface area contributed by atoms with Crippen LogP contribution in [0.2, 0.25) is 0 Å². The first-order valence-electron chi connectivity index (χ1n) is 5.31. The fourth-order valence-electron chi connectivity index (χ4n) is 1.88. The van der Waals surface area contributed by atoms with E-state index in [1.807, 2.05) is 0 Å². The van der Waals surface area contributed by atoms with Crippen molar-refractivity contribution in [2.24, 2.45) is 0 Å². The van der Waals surface area contributed by atoms with E-state index in [1.54, 1.807) is 7.11 Å². The van der Waals surface area contributed by atoms with Gasteiger partial charge >= 0.3 is 0 Å². The Bertz CT molecular complexity index is 334. The molecule has 1 atom stereocenters. The SMILES string of the molecule is COc1cc(C)c(C(C)CCCl)cc1C. The van der Waals surface area contributed by atoms with Crippen LogP contribution in [0.1, 0.15) is 36.0 Å². The Balaban J connectivity index is 3.04. The molecule has 0 aliphatic rings. The van der Waals surface area contributed by atoms with Crippen molar-refractivity contribution in [3.8, 4) is 5.75 Å². The first-order chi connectivity index (χ1) is 7.10. The molecule has 0 aliphatic carbocycles. The van der Waals surface area contributed by atoms with Gasteiger partial charge in [0.1, 0.15) is 5.75 Å². The van der Waals surface area contributed by atoms with Crippen molar-refractivity contribution in [2.75, 3.05) is 13.0 Å². The average Bonchev–Trinajstić information content (AvgIpc) is 2.21. The van der Waals surface area contributed by atoms with Crippen molar-refractivity contribution in [3.05, 3.63) is 28.8 Å². The van der Waals surface area contributed by atoms with Crippen LogP contribution in [-0.4, -0.2) is 13.0 Å². The molecule has 0 heterocycles. The van der Waals surface area contributed by atoms with Crippen LogP contribution in [0.5, 0.6) is 5.75 Å². The second kappa shape index (κ2) is 5.41. The number of ether oxygens (including phenoxy) is 1. The molecule has 0 N–H and O–H groups in total. The molecule has 1 aromatic rings. The van der Waals surface area contributed by atoms with Crippen LogP contribution in [0.25, 0.3) is 0 Å². The lowest BCUT2D eigenvalue weighted by molar-refractivity contribution is 0.411. The van der Waals surface area contributed by atoms with E-state index in [0.29, 0.717) is 11.8 Å². The molecule has 84 valence electrons. The molecular weight excluding hydrogens is 208 g/mol. The second-order valence-electron chi connectivity index (χ2n) is 4.06. The second-order valence-corrected chi connectivity index (χ2v) is 4.44. The van der Waals surface area contributed by atoms with Gasteiger partial charge in [0.2, 0.25) is 0 Å². The van der Waals surface area contributed by atoms with Gasteiger partial charge in [-0.3, -0.25) is 0 Å². The number of methoxy groups -OCH3 is 1. The Labute approximate surface area is 97.4 Å². The summed E-state index contributed by atoms with van der Waals surface area (Å²) in [6, 6.07) is 4.32. The summed E-state index contributed by atoms with van der Waals surface area (Å²) in [6.45, 7) is 6.42. The maximum atomic E-state index is 5.77. The lowest BCUT2D eigenvalue weighted by atomic mass is 9.92. The largest absolute Gasteiger partial charge is 0.496 e. The molecule has 15 heavy (non-hydrogen) atoms. The molecule has 2 heteroatoms. The Kier molecular flexibility index (Phi) is 4.46. The van der Waals surface area contributed by atoms with Gasteiger partial charge in [-0.15, -0.1) is 11.6 Å². The van der Waals surface area contributed by atoms with Crippen LogP contribution in [-0.2, 0) is 0 Å². The highest BCUT2D eigenvalue weighted by Crippen LogP contribution is 2.29. The number of aryl methyl sites for hydroxylation is 2. The maximum Gasteiger partial charge on any atom is 0.122 e. The summed E-state index contributed by atoms with van der Waals surface area (Å²) in [7, 11) is 1.71. The smallest absolute Gasteiger partial charge is 0.122 e. The summed E-state index contributed by atoms with van der Waals surface area (Å²) < 4.78 is 5.29. The molecule has 0 bridgehead atoms. The fraction of sp³-hybridized carbons (Fsp3) is 0.538. The van der Waals surface area contributed by atoms with E-state index >= 15 is 0 Å². The van der Waals surface area contributed by atoms with Gasteiger partial charge in [-0.05, 0) is 48.9 Å². The van der Waals surface area contributed by atoms with E-state index in [0.717, 1.165) is 12.2 Å². The summed E-state index contributed by atoms with van der Waals surface area (Å²) in [5.74, 6) is 2.20. The number of alkyl halides is 1. The molecule has 1 nitrogen and oxygen atoms in total. The first kappa shape index (κ1) is 12.4. The van der Waals surface area contributed by atoms with Crippen LogP contribution in [0.15, 0.2) is 12.1 Å². The highest BCUT2D eigenvalue weighted by atomic mass is 35.5. The third-order valence-electron chi connectivity index (χ3n) is 2.86. The van der Waals surface area contributed by atoms with Crippen molar-refractivity contribution >= 4 is 11.6 Å². The Morgan fingerprint density at radius 3 is 2.47 bits per heavy atom. The lowest BCUT2D eigenvalue weighted by Crippen LogP contribution is -2.00. The van der Waals surface area contributed by atoms with Crippen molar-refractivity contribution in [3.63, 3.8) is 0 Å². The Morgan fingerprint density at radius 2 is 1.93 bits per heavy atom. The minimum absolute atomic E-state index is 0.520. The van der Waals surface area contributed by atoms with Crippen LogP contribution in [0, 0.1) is 13.8 Å². The van der Waals surface area contributed by atoms with E-state index in [2.05, 4.69) is 32.9 Å². The molecule has 0 aliphatic heterocycles. The van der Waals surface area contributed by atoms with Crippen molar-refractivity contribution in [1.82, 2.24) is 0 Å². The number of hydrogen-bond acceptors (Lipinski definition) is 1. The van der Waals surface area contributed by atoms with Gasteiger partial charge in [-0.25, -0.2) is 0 Å². The van der Waals surface area contributed by atoms with Crippen LogP contribution >= 0.6 is 11.6 Å². The third kappa shape index (κ3) is 2.88. The monoisotopic (exact) mass is 226 g/mol. The Morgan fingerprint density at radius 1 is 1.27 bits per heavy atom. The molecule has 1 rings (SSSR count). The predicted molar refractivity (Wildman–Crippen MR) is 66.2 cm³/mol. The van der Waals surface area contributed by atoms with Gasteiger partial charge < -0.3 is 4.74 Å². The van der Waals surface area contributed by atoms with E-state index in [9.17, 15) is 0 Å². The molecule has 0 spiro atoms. The van der Waals surface area contributed by atoms with Crippen LogP contribution in [0.3, 0.4) is 0 Å². The summed E-state index contributed by atoms with van der Waals surface area (Å²) in [4.78, 5) is 0. The van der Waals surface area contributed by atoms with Gasteiger partial charge in [0.25, 0.3) is 0 Å². The third-order valence-corrected chi connectivity index (χ3v) is 3.07. The maximum absolute atomic E-state index is 5.77. The highest BCUT2D eigenvalue weighted by molar-refractivity contribution is 6.17. The van der Waals surface area contributed by atoms with E-state index < -0.39 is 0 Å². The molecular formula is C13H19ClO. The van der Waals surface area contributed by atoms with E-state index in [4.69, 9.17) is 16.3 Å². The van der Waals surface area contributed by atoms with Crippen LogP contribution < -0.4 is 4.74 Å². The molecule has 1 aromatic carbocycles. The normalized spacial score (nSPS) is 12.6. The van der Waals surface area contributed by atoms with Gasteiger partial charge in [-0.1, -0.05) is 13.0 Å². The molecule has 1 unspecified atom stereocenters. The first-order valence-corrected chi connectivity index (χ1v) is 5.84. The molecule has 0 fully saturated rings. The topological polar surface area (TPSA) is 9.23 Å². The summed E-state index contributed by atoms with van der Waals surface area (Å²) in [5.41, 5.74) is 3.86. The highest BCUT2D eigenvalue weighted by Gasteiger charge is 2.10. The molecule has 0 saturated carbocycles. The number of halogens is 1. The predicted octanol–water partition coefficient (Wildman–Crippen LogP) is 4.04. The molecule has 0 amide bonds. The summed E-state index contributed by atoms with van der Waals surface area (Å²) in [5, 5.41) is 0. The lowest BCUT2D eigenvalue weighted by Gasteiger charge is -2.16. The zero-order valence-corrected chi connectivity index (χ0v) is 10.7. The number of benzene rings is 1. The average molecular weight is 227 g/mol. The molecule has 0 aromatic heterocycles. The summed E-state index contributed by atoms with van der Waals surface area (Å²) in [6.07, 6.45) is 1.02. The summed E-state index contributed by atoms with van der Waals surface area (Å²) >= 11 is 5.77. The zero-order valence-electron chi connectivity index (χ0n) is 9.93. The standard InChI is InChI=1S/C13H19ClO/c1-9(5-6-14)12-7-11(3)13(15-4)8-10(12)2/h7-9H,5-6H2,1-4H3.